The highest BCUT2D eigenvalue weighted by atomic mass is 16.2. The zero-order valence-electron chi connectivity index (χ0n) is 11.9. The smallest absolute Gasteiger partial charge is 0.227 e. The van der Waals surface area contributed by atoms with Gasteiger partial charge < -0.3 is 4.90 Å². The van der Waals surface area contributed by atoms with E-state index in [4.69, 9.17) is 0 Å². The van der Waals surface area contributed by atoms with Crippen molar-refractivity contribution in [2.24, 2.45) is 11.8 Å². The quantitative estimate of drug-likeness (QED) is 0.801. The number of fused-ring (bicyclic) bond motifs is 1. The summed E-state index contributed by atoms with van der Waals surface area (Å²) in [5.41, 5.74) is 3.93. The van der Waals surface area contributed by atoms with Crippen LogP contribution in [-0.4, -0.2) is 17.9 Å². The molecule has 1 aliphatic rings. The van der Waals surface area contributed by atoms with Gasteiger partial charge in [-0.05, 0) is 34.9 Å². The minimum atomic E-state index is 0.228. The predicted octanol–water partition coefficient (Wildman–Crippen LogP) is 3.04. The minimum absolute atomic E-state index is 0.228. The molecule has 0 aliphatic carbocycles. The molecule has 1 heterocycles. The molecule has 1 amide bonds. The van der Waals surface area contributed by atoms with Crippen LogP contribution in [0.15, 0.2) is 18.2 Å². The largest absolute Gasteiger partial charge is 0.341 e. The standard InChI is InChI=1S/C16H23NO/c1-11(2)12(3)7-13-5-6-14-9-16(18)17(4)10-15(14)8-13/h5-6,8,11-12H,7,9-10H2,1-4H3. The Bertz CT molecular complexity index is 450. The summed E-state index contributed by atoms with van der Waals surface area (Å²) in [6.07, 6.45) is 1.69. The molecule has 2 nitrogen and oxygen atoms in total. The molecule has 0 bridgehead atoms. The number of hydrogen-bond acceptors (Lipinski definition) is 1. The van der Waals surface area contributed by atoms with Gasteiger partial charge in [-0.25, -0.2) is 0 Å². The maximum atomic E-state index is 11.6. The van der Waals surface area contributed by atoms with Crippen LogP contribution in [-0.2, 0) is 24.2 Å². The number of hydrogen-bond donors (Lipinski definition) is 0. The molecule has 0 aromatic heterocycles. The molecular formula is C16H23NO. The van der Waals surface area contributed by atoms with Crippen LogP contribution in [0.25, 0.3) is 0 Å². The maximum absolute atomic E-state index is 11.6. The molecule has 0 saturated carbocycles. The van der Waals surface area contributed by atoms with Crippen molar-refractivity contribution in [2.75, 3.05) is 7.05 Å². The fourth-order valence-corrected chi connectivity index (χ4v) is 2.37. The van der Waals surface area contributed by atoms with E-state index >= 15 is 0 Å². The lowest BCUT2D eigenvalue weighted by molar-refractivity contribution is -0.130. The van der Waals surface area contributed by atoms with E-state index in [2.05, 4.69) is 39.0 Å². The van der Waals surface area contributed by atoms with Crippen molar-refractivity contribution in [2.45, 2.75) is 40.2 Å². The molecule has 0 fully saturated rings. The Hall–Kier alpha value is -1.31. The van der Waals surface area contributed by atoms with Crippen molar-refractivity contribution in [3.63, 3.8) is 0 Å². The molecule has 1 atom stereocenters. The van der Waals surface area contributed by atoms with Gasteiger partial charge in [0.15, 0.2) is 0 Å². The Balaban J connectivity index is 2.17. The van der Waals surface area contributed by atoms with Crippen molar-refractivity contribution in [3.05, 3.63) is 34.9 Å². The number of benzene rings is 1. The van der Waals surface area contributed by atoms with Gasteiger partial charge in [0.25, 0.3) is 0 Å². The topological polar surface area (TPSA) is 20.3 Å². The third kappa shape index (κ3) is 2.74. The first-order valence-electron chi connectivity index (χ1n) is 6.82. The first-order valence-corrected chi connectivity index (χ1v) is 6.82. The van der Waals surface area contributed by atoms with Gasteiger partial charge in [-0.15, -0.1) is 0 Å². The van der Waals surface area contributed by atoms with Crippen LogP contribution < -0.4 is 0 Å². The molecule has 1 unspecified atom stereocenters. The normalized spacial score (nSPS) is 16.9. The van der Waals surface area contributed by atoms with Crippen LogP contribution >= 0.6 is 0 Å². The van der Waals surface area contributed by atoms with Gasteiger partial charge in [-0.2, -0.15) is 0 Å². The second kappa shape index (κ2) is 5.13. The molecule has 2 heteroatoms. The molecule has 0 radical (unpaired) electrons. The van der Waals surface area contributed by atoms with Crippen LogP contribution in [0, 0.1) is 11.8 Å². The molecule has 0 N–H and O–H groups in total. The fourth-order valence-electron chi connectivity index (χ4n) is 2.37. The lowest BCUT2D eigenvalue weighted by atomic mass is 9.89. The van der Waals surface area contributed by atoms with E-state index in [1.807, 2.05) is 11.9 Å². The summed E-state index contributed by atoms with van der Waals surface area (Å²) in [5, 5.41) is 0. The number of amides is 1. The van der Waals surface area contributed by atoms with Crippen LogP contribution in [0.3, 0.4) is 0 Å². The molecular weight excluding hydrogens is 222 g/mol. The Morgan fingerprint density at radius 1 is 1.22 bits per heavy atom. The third-order valence-corrected chi connectivity index (χ3v) is 4.14. The molecule has 1 aromatic rings. The lowest BCUT2D eigenvalue weighted by Crippen LogP contribution is -2.32. The molecule has 0 saturated heterocycles. The van der Waals surface area contributed by atoms with E-state index in [1.54, 1.807) is 0 Å². The summed E-state index contributed by atoms with van der Waals surface area (Å²) in [7, 11) is 1.88. The van der Waals surface area contributed by atoms with Crippen LogP contribution in [0.2, 0.25) is 0 Å². The highest BCUT2D eigenvalue weighted by Crippen LogP contribution is 2.23. The fraction of sp³-hybridized carbons (Fsp3) is 0.562. The van der Waals surface area contributed by atoms with Gasteiger partial charge in [-0.3, -0.25) is 4.79 Å². The summed E-state index contributed by atoms with van der Waals surface area (Å²) in [5.74, 6) is 1.64. The highest BCUT2D eigenvalue weighted by molar-refractivity contribution is 5.80. The lowest BCUT2D eigenvalue weighted by Gasteiger charge is -2.26. The molecule has 18 heavy (non-hydrogen) atoms. The predicted molar refractivity (Wildman–Crippen MR) is 74.3 cm³/mol. The summed E-state index contributed by atoms with van der Waals surface area (Å²) in [4.78, 5) is 13.5. The summed E-state index contributed by atoms with van der Waals surface area (Å²) in [6.45, 7) is 7.61. The number of rotatable bonds is 3. The van der Waals surface area contributed by atoms with Gasteiger partial charge in [-0.1, -0.05) is 39.0 Å². The van der Waals surface area contributed by atoms with Gasteiger partial charge in [0.2, 0.25) is 5.91 Å². The summed E-state index contributed by atoms with van der Waals surface area (Å²) >= 11 is 0. The first kappa shape index (κ1) is 13.1. The number of likely N-dealkylation sites (N-methyl/N-ethyl adjacent to an activating group) is 1. The molecule has 1 aliphatic heterocycles. The average Bonchev–Trinajstić information content (AvgIpc) is 2.31. The minimum Gasteiger partial charge on any atom is -0.341 e. The monoisotopic (exact) mass is 245 g/mol. The second-order valence-corrected chi connectivity index (χ2v) is 5.96. The molecule has 1 aromatic carbocycles. The van der Waals surface area contributed by atoms with Crippen LogP contribution in [0.1, 0.15) is 37.5 Å². The van der Waals surface area contributed by atoms with Crippen molar-refractivity contribution >= 4 is 5.91 Å². The van der Waals surface area contributed by atoms with Gasteiger partial charge in [0.1, 0.15) is 0 Å². The van der Waals surface area contributed by atoms with Gasteiger partial charge in [0, 0.05) is 13.6 Å². The zero-order chi connectivity index (χ0) is 13.3. The van der Waals surface area contributed by atoms with Crippen molar-refractivity contribution in [1.29, 1.82) is 0 Å². The number of nitrogens with zero attached hydrogens (tertiary/aromatic N) is 1. The van der Waals surface area contributed by atoms with Gasteiger partial charge >= 0.3 is 0 Å². The van der Waals surface area contributed by atoms with E-state index in [-0.39, 0.29) is 5.91 Å². The Labute approximate surface area is 110 Å². The second-order valence-electron chi connectivity index (χ2n) is 5.96. The van der Waals surface area contributed by atoms with Gasteiger partial charge in [0.05, 0.1) is 6.42 Å². The molecule has 0 spiro atoms. The third-order valence-electron chi connectivity index (χ3n) is 4.14. The molecule has 98 valence electrons. The Kier molecular flexibility index (Phi) is 3.74. The summed E-state index contributed by atoms with van der Waals surface area (Å²) < 4.78 is 0. The van der Waals surface area contributed by atoms with Crippen molar-refractivity contribution in [3.8, 4) is 0 Å². The SMILES string of the molecule is CC(C)C(C)Cc1ccc2c(c1)CN(C)C(=O)C2. The first-order chi connectivity index (χ1) is 8.47. The Morgan fingerprint density at radius 2 is 1.94 bits per heavy atom. The number of carbonyl (C=O) groups excluding carboxylic acids is 1. The van der Waals surface area contributed by atoms with Crippen LogP contribution in [0.5, 0.6) is 0 Å². The van der Waals surface area contributed by atoms with E-state index in [0.717, 1.165) is 13.0 Å². The number of carbonyl (C=O) groups is 1. The van der Waals surface area contributed by atoms with Crippen molar-refractivity contribution in [1.82, 2.24) is 4.90 Å². The maximum Gasteiger partial charge on any atom is 0.227 e. The van der Waals surface area contributed by atoms with Crippen LogP contribution in [0.4, 0.5) is 0 Å². The van der Waals surface area contributed by atoms with E-state index < -0.39 is 0 Å². The Morgan fingerprint density at radius 3 is 2.61 bits per heavy atom. The van der Waals surface area contributed by atoms with E-state index in [0.29, 0.717) is 18.3 Å². The summed E-state index contributed by atoms with van der Waals surface area (Å²) in [6, 6.07) is 6.62. The average molecular weight is 245 g/mol. The zero-order valence-corrected chi connectivity index (χ0v) is 11.9. The van der Waals surface area contributed by atoms with E-state index in [1.165, 1.54) is 16.7 Å². The molecule has 2 rings (SSSR count). The van der Waals surface area contributed by atoms with E-state index in [9.17, 15) is 4.79 Å². The highest BCUT2D eigenvalue weighted by Gasteiger charge is 2.20. The van der Waals surface area contributed by atoms with Crippen molar-refractivity contribution < 1.29 is 4.79 Å².